The van der Waals surface area contributed by atoms with Gasteiger partial charge in [0, 0.05) is 36.6 Å². The normalized spacial score (nSPS) is 16.0. The lowest BCUT2D eigenvalue weighted by atomic mass is 9.99. The first kappa shape index (κ1) is 20.3. The molecule has 168 valence electrons. The van der Waals surface area contributed by atoms with Gasteiger partial charge in [-0.2, -0.15) is 5.10 Å². The Hall–Kier alpha value is -3.32. The maximum atomic E-state index is 12.8. The molecule has 5 heterocycles. The van der Waals surface area contributed by atoms with E-state index in [0.29, 0.717) is 6.54 Å². The minimum Gasteiger partial charge on any atom is -0.304 e. The first-order valence-corrected chi connectivity index (χ1v) is 11.9. The highest BCUT2D eigenvalue weighted by Crippen LogP contribution is 2.37. The van der Waals surface area contributed by atoms with Crippen LogP contribution in [0.5, 0.6) is 0 Å². The average molecular weight is 441 g/mol. The predicted molar refractivity (Wildman–Crippen MR) is 129 cm³/mol. The molecule has 6 rings (SSSR count). The number of rotatable bonds is 5. The fourth-order valence-electron chi connectivity index (χ4n) is 5.29. The van der Waals surface area contributed by atoms with Crippen LogP contribution in [-0.4, -0.2) is 48.8 Å². The van der Waals surface area contributed by atoms with Crippen molar-refractivity contribution in [2.45, 2.75) is 45.7 Å². The second kappa shape index (κ2) is 8.23. The van der Waals surface area contributed by atoms with Crippen molar-refractivity contribution in [2.75, 3.05) is 19.6 Å². The highest BCUT2D eigenvalue weighted by Gasteiger charge is 2.25. The lowest BCUT2D eigenvalue weighted by molar-refractivity contribution is 0.322. The Labute approximate surface area is 192 Å². The molecule has 0 radical (unpaired) electrons. The number of pyridine rings is 1. The standard InChI is InChI=1S/C26H28N6O/c1-18-6-4-7-21(28-18)26-25(22-8-5-13-32(22)29-26)19-9-10-20-23(16-19)31(24(33)17-27-20)15-14-30-11-2-3-12-30/h4,6-7,9-10,16-17H,2-3,5,8,11-15H2,1H3. The van der Waals surface area contributed by atoms with Gasteiger partial charge in [-0.05, 0) is 75.5 Å². The second-order valence-corrected chi connectivity index (χ2v) is 9.16. The first-order chi connectivity index (χ1) is 16.2. The molecule has 0 atom stereocenters. The molecule has 1 aromatic carbocycles. The highest BCUT2D eigenvalue weighted by atomic mass is 16.1. The zero-order valence-corrected chi connectivity index (χ0v) is 19.0. The topological polar surface area (TPSA) is 68.8 Å². The van der Waals surface area contributed by atoms with Crippen LogP contribution in [-0.2, 0) is 19.5 Å². The van der Waals surface area contributed by atoms with E-state index >= 15 is 0 Å². The van der Waals surface area contributed by atoms with Crippen LogP contribution in [0, 0.1) is 6.92 Å². The molecule has 2 aliphatic rings. The number of aryl methyl sites for hydroxylation is 2. The summed E-state index contributed by atoms with van der Waals surface area (Å²) in [6, 6.07) is 12.3. The van der Waals surface area contributed by atoms with Gasteiger partial charge in [0.25, 0.3) is 5.56 Å². The molecule has 1 saturated heterocycles. The SMILES string of the molecule is Cc1cccc(-c2nn3c(c2-c2ccc4ncc(=O)n(CCN5CCCC5)c4c2)CCC3)n1. The number of aromatic nitrogens is 5. The van der Waals surface area contributed by atoms with Crippen LogP contribution in [0.25, 0.3) is 33.5 Å². The zero-order chi connectivity index (χ0) is 22.4. The molecule has 0 bridgehead atoms. The molecule has 2 aliphatic heterocycles. The van der Waals surface area contributed by atoms with E-state index in [4.69, 9.17) is 10.1 Å². The van der Waals surface area contributed by atoms with E-state index in [1.165, 1.54) is 24.7 Å². The van der Waals surface area contributed by atoms with E-state index < -0.39 is 0 Å². The summed E-state index contributed by atoms with van der Waals surface area (Å²) in [6.07, 6.45) is 6.05. The van der Waals surface area contributed by atoms with Crippen molar-refractivity contribution in [2.24, 2.45) is 0 Å². The van der Waals surface area contributed by atoms with Gasteiger partial charge < -0.3 is 9.47 Å². The Bertz CT molecular complexity index is 1400. The highest BCUT2D eigenvalue weighted by molar-refractivity contribution is 5.87. The van der Waals surface area contributed by atoms with E-state index in [0.717, 1.165) is 78.3 Å². The van der Waals surface area contributed by atoms with Crippen LogP contribution in [0.3, 0.4) is 0 Å². The average Bonchev–Trinajstić information content (AvgIpc) is 3.56. The number of nitrogens with zero attached hydrogens (tertiary/aromatic N) is 6. The van der Waals surface area contributed by atoms with Crippen molar-refractivity contribution in [1.82, 2.24) is 29.2 Å². The van der Waals surface area contributed by atoms with E-state index in [-0.39, 0.29) is 5.56 Å². The van der Waals surface area contributed by atoms with Crippen molar-refractivity contribution in [3.05, 3.63) is 64.3 Å². The summed E-state index contributed by atoms with van der Waals surface area (Å²) in [4.78, 5) is 24.4. The fourth-order valence-corrected chi connectivity index (χ4v) is 5.29. The summed E-state index contributed by atoms with van der Waals surface area (Å²) < 4.78 is 4.01. The minimum atomic E-state index is -0.0420. The molecule has 0 saturated carbocycles. The quantitative estimate of drug-likeness (QED) is 0.474. The Morgan fingerprint density at radius 1 is 1.00 bits per heavy atom. The van der Waals surface area contributed by atoms with Crippen LogP contribution in [0.2, 0.25) is 0 Å². The molecule has 7 nitrogen and oxygen atoms in total. The maximum Gasteiger partial charge on any atom is 0.269 e. The van der Waals surface area contributed by atoms with Gasteiger partial charge in [-0.15, -0.1) is 0 Å². The van der Waals surface area contributed by atoms with Gasteiger partial charge in [-0.3, -0.25) is 14.5 Å². The minimum absolute atomic E-state index is 0.0420. The Morgan fingerprint density at radius 2 is 1.88 bits per heavy atom. The Balaban J connectivity index is 1.48. The number of hydrogen-bond donors (Lipinski definition) is 0. The molecule has 0 N–H and O–H groups in total. The van der Waals surface area contributed by atoms with Gasteiger partial charge in [-0.1, -0.05) is 12.1 Å². The van der Waals surface area contributed by atoms with Gasteiger partial charge in [0.1, 0.15) is 5.69 Å². The van der Waals surface area contributed by atoms with Crippen LogP contribution >= 0.6 is 0 Å². The van der Waals surface area contributed by atoms with Crippen molar-refractivity contribution in [3.63, 3.8) is 0 Å². The molecule has 3 aromatic heterocycles. The molecule has 1 fully saturated rings. The molecular weight excluding hydrogens is 412 g/mol. The number of hydrogen-bond acceptors (Lipinski definition) is 5. The van der Waals surface area contributed by atoms with Crippen LogP contribution < -0.4 is 5.56 Å². The fraction of sp³-hybridized carbons (Fsp3) is 0.385. The maximum absolute atomic E-state index is 12.8. The van der Waals surface area contributed by atoms with Crippen LogP contribution in [0.1, 0.15) is 30.7 Å². The molecular formula is C26H28N6O. The Kier molecular flexibility index (Phi) is 5.06. The van der Waals surface area contributed by atoms with E-state index in [1.54, 1.807) is 0 Å². The second-order valence-electron chi connectivity index (χ2n) is 9.16. The third-order valence-corrected chi connectivity index (χ3v) is 6.95. The smallest absolute Gasteiger partial charge is 0.269 e. The molecule has 0 unspecified atom stereocenters. The summed E-state index contributed by atoms with van der Waals surface area (Å²) in [7, 11) is 0. The van der Waals surface area contributed by atoms with Crippen molar-refractivity contribution >= 4 is 11.0 Å². The number of likely N-dealkylation sites (tertiary alicyclic amines) is 1. The summed E-state index contributed by atoms with van der Waals surface area (Å²) >= 11 is 0. The van der Waals surface area contributed by atoms with E-state index in [2.05, 4.69) is 26.7 Å². The molecule has 33 heavy (non-hydrogen) atoms. The summed E-state index contributed by atoms with van der Waals surface area (Å²) in [5.41, 5.74) is 7.94. The van der Waals surface area contributed by atoms with E-state index in [9.17, 15) is 4.79 Å². The van der Waals surface area contributed by atoms with Gasteiger partial charge in [0.05, 0.1) is 22.9 Å². The summed E-state index contributed by atoms with van der Waals surface area (Å²) in [5, 5.41) is 4.95. The molecule has 0 spiro atoms. The third kappa shape index (κ3) is 3.66. The molecule has 4 aromatic rings. The molecule has 7 heteroatoms. The van der Waals surface area contributed by atoms with E-state index in [1.807, 2.05) is 35.8 Å². The lowest BCUT2D eigenvalue weighted by Crippen LogP contribution is -2.29. The van der Waals surface area contributed by atoms with Gasteiger partial charge in [0.2, 0.25) is 0 Å². The first-order valence-electron chi connectivity index (χ1n) is 11.9. The van der Waals surface area contributed by atoms with Gasteiger partial charge >= 0.3 is 0 Å². The summed E-state index contributed by atoms with van der Waals surface area (Å²) in [6.45, 7) is 6.76. The summed E-state index contributed by atoms with van der Waals surface area (Å²) in [5.74, 6) is 0. The third-order valence-electron chi connectivity index (χ3n) is 6.95. The lowest BCUT2D eigenvalue weighted by Gasteiger charge is -2.17. The Morgan fingerprint density at radius 3 is 2.73 bits per heavy atom. The molecule has 0 aliphatic carbocycles. The monoisotopic (exact) mass is 440 g/mol. The molecule has 0 amide bonds. The predicted octanol–water partition coefficient (Wildman–Crippen LogP) is 3.67. The zero-order valence-electron chi connectivity index (χ0n) is 19.0. The van der Waals surface area contributed by atoms with Gasteiger partial charge in [-0.25, -0.2) is 4.98 Å². The van der Waals surface area contributed by atoms with Crippen molar-refractivity contribution in [3.8, 4) is 22.5 Å². The van der Waals surface area contributed by atoms with Crippen molar-refractivity contribution in [1.29, 1.82) is 0 Å². The largest absolute Gasteiger partial charge is 0.304 e. The van der Waals surface area contributed by atoms with Crippen LogP contribution in [0.15, 0.2) is 47.4 Å². The number of fused-ring (bicyclic) bond motifs is 2. The van der Waals surface area contributed by atoms with Crippen LogP contribution in [0.4, 0.5) is 0 Å². The number of benzene rings is 1. The van der Waals surface area contributed by atoms with Crippen molar-refractivity contribution < 1.29 is 0 Å². The van der Waals surface area contributed by atoms with Gasteiger partial charge in [0.15, 0.2) is 0 Å².